The highest BCUT2D eigenvalue weighted by molar-refractivity contribution is 5.94. The third kappa shape index (κ3) is 3.07. The average Bonchev–Trinajstić information content (AvgIpc) is 2.46. The molecule has 1 aromatic rings. The summed E-state index contributed by atoms with van der Waals surface area (Å²) in [6.45, 7) is 2.10. The quantitative estimate of drug-likeness (QED) is 0.904. The summed E-state index contributed by atoms with van der Waals surface area (Å²) in [5.74, 6) is 1.37. The molecule has 104 valence electrons. The molecule has 1 fully saturated rings. The number of hydrogen-bond acceptors (Lipinski definition) is 3. The monoisotopic (exact) mass is 262 g/mol. The topological polar surface area (TPSA) is 41.6 Å². The van der Waals surface area contributed by atoms with Crippen molar-refractivity contribution in [1.29, 1.82) is 0 Å². The van der Waals surface area contributed by atoms with E-state index in [1.165, 1.54) is 5.56 Å². The van der Waals surface area contributed by atoms with Gasteiger partial charge < -0.3 is 15.0 Å². The number of amides is 1. The van der Waals surface area contributed by atoms with Crippen molar-refractivity contribution in [2.24, 2.45) is 0 Å². The molecule has 0 spiro atoms. The molecule has 0 aliphatic carbocycles. The van der Waals surface area contributed by atoms with Gasteiger partial charge in [0.25, 0.3) is 5.91 Å². The molecule has 0 saturated carbocycles. The Bertz CT molecular complexity index is 451. The van der Waals surface area contributed by atoms with Gasteiger partial charge >= 0.3 is 0 Å². The van der Waals surface area contributed by atoms with Crippen LogP contribution >= 0.6 is 0 Å². The molecule has 2 rings (SSSR count). The maximum Gasteiger partial charge on any atom is 0.253 e. The number of methoxy groups -OCH3 is 1. The van der Waals surface area contributed by atoms with Crippen molar-refractivity contribution in [1.82, 2.24) is 10.2 Å². The van der Waals surface area contributed by atoms with Crippen LogP contribution in [0.5, 0.6) is 5.75 Å². The minimum absolute atomic E-state index is 0.00941. The second-order valence-electron chi connectivity index (χ2n) is 5.18. The lowest BCUT2D eigenvalue weighted by Crippen LogP contribution is -2.27. The first-order valence-corrected chi connectivity index (χ1v) is 6.73. The van der Waals surface area contributed by atoms with Crippen molar-refractivity contribution in [3.05, 3.63) is 29.3 Å². The van der Waals surface area contributed by atoms with E-state index < -0.39 is 0 Å². The van der Waals surface area contributed by atoms with Crippen molar-refractivity contribution in [2.45, 2.75) is 18.8 Å². The Morgan fingerprint density at radius 1 is 1.32 bits per heavy atom. The Morgan fingerprint density at radius 3 is 2.58 bits per heavy atom. The van der Waals surface area contributed by atoms with Crippen LogP contribution in [0.4, 0.5) is 0 Å². The van der Waals surface area contributed by atoms with Crippen LogP contribution < -0.4 is 10.1 Å². The lowest BCUT2D eigenvalue weighted by atomic mass is 9.89. The van der Waals surface area contributed by atoms with E-state index in [1.807, 2.05) is 18.2 Å². The highest BCUT2D eigenvalue weighted by Crippen LogP contribution is 2.33. The summed E-state index contributed by atoms with van der Waals surface area (Å²) in [6.07, 6.45) is 2.24. The maximum atomic E-state index is 12.0. The number of nitrogens with one attached hydrogen (secondary N) is 1. The summed E-state index contributed by atoms with van der Waals surface area (Å²) in [6, 6.07) is 5.81. The van der Waals surface area contributed by atoms with Crippen LogP contribution in [-0.2, 0) is 0 Å². The van der Waals surface area contributed by atoms with Crippen molar-refractivity contribution in [2.75, 3.05) is 34.3 Å². The van der Waals surface area contributed by atoms with Crippen molar-refractivity contribution < 1.29 is 9.53 Å². The number of nitrogens with zero attached hydrogens (tertiary/aromatic N) is 1. The second-order valence-corrected chi connectivity index (χ2v) is 5.18. The molecule has 1 aliphatic heterocycles. The molecule has 0 aromatic heterocycles. The number of ether oxygens (including phenoxy) is 1. The fourth-order valence-electron chi connectivity index (χ4n) is 2.57. The molecule has 1 heterocycles. The van der Waals surface area contributed by atoms with Gasteiger partial charge in [0.1, 0.15) is 5.75 Å². The van der Waals surface area contributed by atoms with Crippen molar-refractivity contribution in [3.8, 4) is 5.75 Å². The first-order valence-electron chi connectivity index (χ1n) is 6.73. The van der Waals surface area contributed by atoms with Crippen LogP contribution in [0.3, 0.4) is 0 Å². The van der Waals surface area contributed by atoms with Gasteiger partial charge in [-0.25, -0.2) is 0 Å². The number of carbonyl (C=O) groups is 1. The largest absolute Gasteiger partial charge is 0.496 e. The zero-order valence-electron chi connectivity index (χ0n) is 11.9. The van der Waals surface area contributed by atoms with Crippen LogP contribution in [-0.4, -0.2) is 45.1 Å². The van der Waals surface area contributed by atoms with Crippen LogP contribution in [0, 0.1) is 0 Å². The first-order chi connectivity index (χ1) is 9.13. The number of piperidine rings is 1. The SMILES string of the molecule is COc1cc(C(=O)N(C)C)ccc1C1CCNCC1. The molecule has 4 nitrogen and oxygen atoms in total. The van der Waals surface area contributed by atoms with Gasteiger partial charge in [0.2, 0.25) is 0 Å². The minimum atomic E-state index is 0.00941. The predicted molar refractivity (Wildman–Crippen MR) is 75.9 cm³/mol. The average molecular weight is 262 g/mol. The maximum absolute atomic E-state index is 12.0. The lowest BCUT2D eigenvalue weighted by Gasteiger charge is -2.25. The lowest BCUT2D eigenvalue weighted by molar-refractivity contribution is 0.0827. The first kappa shape index (κ1) is 13.9. The molecule has 1 aromatic carbocycles. The van der Waals surface area contributed by atoms with Crippen LogP contribution in [0.25, 0.3) is 0 Å². The van der Waals surface area contributed by atoms with Gasteiger partial charge in [-0.3, -0.25) is 4.79 Å². The Morgan fingerprint density at radius 2 is 2.00 bits per heavy atom. The zero-order valence-corrected chi connectivity index (χ0v) is 11.9. The standard InChI is InChI=1S/C15H22N2O2/c1-17(2)15(18)12-4-5-13(14(10-12)19-3)11-6-8-16-9-7-11/h4-5,10-11,16H,6-9H2,1-3H3. The van der Waals surface area contributed by atoms with Crippen LogP contribution in [0.2, 0.25) is 0 Å². The Hall–Kier alpha value is -1.55. The van der Waals surface area contributed by atoms with Gasteiger partial charge in [-0.1, -0.05) is 6.07 Å². The van der Waals surface area contributed by atoms with Crippen molar-refractivity contribution in [3.63, 3.8) is 0 Å². The molecule has 1 saturated heterocycles. The summed E-state index contributed by atoms with van der Waals surface area (Å²) >= 11 is 0. The summed E-state index contributed by atoms with van der Waals surface area (Å²) in [5, 5.41) is 3.36. The van der Waals surface area contributed by atoms with Gasteiger partial charge in [0, 0.05) is 19.7 Å². The number of carbonyl (C=O) groups excluding carboxylic acids is 1. The molecule has 4 heteroatoms. The fourth-order valence-corrected chi connectivity index (χ4v) is 2.57. The van der Waals surface area contributed by atoms with E-state index in [9.17, 15) is 4.79 Å². The second kappa shape index (κ2) is 6.06. The van der Waals surface area contributed by atoms with Gasteiger partial charge in [-0.15, -0.1) is 0 Å². The molecule has 0 radical (unpaired) electrons. The Kier molecular flexibility index (Phi) is 4.43. The molecular formula is C15H22N2O2. The van der Waals surface area contributed by atoms with E-state index >= 15 is 0 Å². The molecule has 1 aliphatic rings. The van der Waals surface area contributed by atoms with Crippen molar-refractivity contribution >= 4 is 5.91 Å². The smallest absolute Gasteiger partial charge is 0.253 e. The Labute approximate surface area is 114 Å². The summed E-state index contributed by atoms with van der Waals surface area (Å²) in [7, 11) is 5.19. The Balaban J connectivity index is 2.28. The summed E-state index contributed by atoms with van der Waals surface area (Å²) < 4.78 is 5.48. The number of hydrogen-bond donors (Lipinski definition) is 1. The van der Waals surface area contributed by atoms with Gasteiger partial charge in [0.15, 0.2) is 0 Å². The van der Waals surface area contributed by atoms with E-state index in [0.717, 1.165) is 31.7 Å². The van der Waals surface area contributed by atoms with E-state index in [-0.39, 0.29) is 5.91 Å². The third-order valence-electron chi connectivity index (χ3n) is 3.67. The number of rotatable bonds is 3. The third-order valence-corrected chi connectivity index (χ3v) is 3.67. The van der Waals surface area contributed by atoms with E-state index in [2.05, 4.69) is 5.32 Å². The van der Waals surface area contributed by atoms with E-state index in [0.29, 0.717) is 11.5 Å². The van der Waals surface area contributed by atoms with E-state index in [4.69, 9.17) is 4.74 Å². The fraction of sp³-hybridized carbons (Fsp3) is 0.533. The molecule has 0 bridgehead atoms. The highest BCUT2D eigenvalue weighted by Gasteiger charge is 2.20. The van der Waals surface area contributed by atoms with Gasteiger partial charge in [-0.05, 0) is 49.5 Å². The van der Waals surface area contributed by atoms with Gasteiger partial charge in [-0.2, -0.15) is 0 Å². The summed E-state index contributed by atoms with van der Waals surface area (Å²) in [5.41, 5.74) is 1.90. The highest BCUT2D eigenvalue weighted by atomic mass is 16.5. The normalized spacial score (nSPS) is 16.2. The molecule has 19 heavy (non-hydrogen) atoms. The predicted octanol–water partition coefficient (Wildman–Crippen LogP) is 1.86. The van der Waals surface area contributed by atoms with E-state index in [1.54, 1.807) is 26.1 Å². The minimum Gasteiger partial charge on any atom is -0.496 e. The molecule has 0 atom stereocenters. The number of benzene rings is 1. The van der Waals surface area contributed by atoms with Crippen LogP contribution in [0.15, 0.2) is 18.2 Å². The zero-order chi connectivity index (χ0) is 13.8. The summed E-state index contributed by atoms with van der Waals surface area (Å²) in [4.78, 5) is 13.5. The molecule has 1 N–H and O–H groups in total. The molecular weight excluding hydrogens is 240 g/mol. The van der Waals surface area contributed by atoms with Crippen LogP contribution in [0.1, 0.15) is 34.7 Å². The molecule has 1 amide bonds. The molecule has 0 unspecified atom stereocenters. The van der Waals surface area contributed by atoms with Gasteiger partial charge in [0.05, 0.1) is 7.11 Å².